The minimum absolute atomic E-state index is 0.575. The van der Waals surface area contributed by atoms with E-state index >= 15 is 0 Å². The largest absolute Gasteiger partial charge is 0.478 e. The predicted molar refractivity (Wildman–Crippen MR) is 109 cm³/mol. The van der Waals surface area contributed by atoms with Gasteiger partial charge in [0, 0.05) is 36.6 Å². The number of hydrogen-bond acceptors (Lipinski definition) is 4. The zero-order valence-corrected chi connectivity index (χ0v) is 16.3. The summed E-state index contributed by atoms with van der Waals surface area (Å²) in [6, 6.07) is 15.6. The number of fused-ring (bicyclic) bond motifs is 1. The van der Waals surface area contributed by atoms with Crippen LogP contribution in [0.15, 0.2) is 54.7 Å². The number of aryl methyl sites for hydroxylation is 2. The molecular weight excluding hydrogens is 362 g/mol. The Morgan fingerprint density at radius 3 is 2.70 bits per heavy atom. The minimum atomic E-state index is -1.25. The summed E-state index contributed by atoms with van der Waals surface area (Å²) in [6.07, 6.45) is 3.91. The fourth-order valence-corrected chi connectivity index (χ4v) is 3.10. The standard InChI is InChI=1S/C21H23NO4S/c1-21(2,20(23)24)25-17-7-3-5-15(13-17)6-4-11-22-12-10-16-14-18(26-27)8-9-19(16)22/h3,5,7-10,12-14,27H,4,6,11H2,1-2H3,(H,23,24). The number of carbonyl (C=O) groups is 1. The van der Waals surface area contributed by atoms with Crippen molar-refractivity contribution in [1.82, 2.24) is 4.57 Å². The van der Waals surface area contributed by atoms with Gasteiger partial charge in [0.05, 0.1) is 0 Å². The van der Waals surface area contributed by atoms with Gasteiger partial charge in [-0.2, -0.15) is 0 Å². The second-order valence-corrected chi connectivity index (χ2v) is 7.17. The van der Waals surface area contributed by atoms with E-state index in [1.165, 1.54) is 0 Å². The number of rotatable bonds is 8. The van der Waals surface area contributed by atoms with Crippen LogP contribution in [-0.4, -0.2) is 21.2 Å². The monoisotopic (exact) mass is 385 g/mol. The fourth-order valence-electron chi connectivity index (χ4n) is 2.99. The van der Waals surface area contributed by atoms with Crippen LogP contribution in [0.4, 0.5) is 0 Å². The van der Waals surface area contributed by atoms with Crippen LogP contribution in [0.1, 0.15) is 25.8 Å². The average molecular weight is 385 g/mol. The highest BCUT2D eigenvalue weighted by atomic mass is 32.1. The van der Waals surface area contributed by atoms with Crippen molar-refractivity contribution >= 4 is 29.8 Å². The summed E-state index contributed by atoms with van der Waals surface area (Å²) in [6.45, 7) is 3.98. The molecule has 0 saturated heterocycles. The molecule has 1 heterocycles. The quantitative estimate of drug-likeness (QED) is 0.434. The molecule has 0 spiro atoms. The van der Waals surface area contributed by atoms with Crippen LogP contribution in [0.5, 0.6) is 11.5 Å². The van der Waals surface area contributed by atoms with Crippen LogP contribution in [0.3, 0.4) is 0 Å². The number of benzene rings is 2. The maximum absolute atomic E-state index is 11.2. The van der Waals surface area contributed by atoms with Gasteiger partial charge in [-0.3, -0.25) is 0 Å². The van der Waals surface area contributed by atoms with Crippen molar-refractivity contribution in [3.63, 3.8) is 0 Å². The first-order chi connectivity index (χ1) is 12.9. The maximum atomic E-state index is 11.2. The summed E-state index contributed by atoms with van der Waals surface area (Å²) >= 11 is 3.83. The van der Waals surface area contributed by atoms with E-state index in [-0.39, 0.29) is 0 Å². The molecule has 0 aliphatic carbocycles. The second kappa shape index (κ2) is 7.96. The van der Waals surface area contributed by atoms with E-state index in [2.05, 4.69) is 29.7 Å². The summed E-state index contributed by atoms with van der Waals surface area (Å²) in [4.78, 5) is 11.2. The topological polar surface area (TPSA) is 60.7 Å². The first-order valence-corrected chi connectivity index (χ1v) is 9.17. The molecule has 6 heteroatoms. The molecule has 0 radical (unpaired) electrons. The number of nitrogens with zero attached hydrogens (tertiary/aromatic N) is 1. The molecule has 0 unspecified atom stereocenters. The Balaban J connectivity index is 1.62. The Labute approximate surface area is 164 Å². The van der Waals surface area contributed by atoms with Crippen molar-refractivity contribution in [2.45, 2.75) is 38.8 Å². The van der Waals surface area contributed by atoms with E-state index in [1.807, 2.05) is 36.4 Å². The van der Waals surface area contributed by atoms with Gasteiger partial charge in [0.25, 0.3) is 0 Å². The van der Waals surface area contributed by atoms with Crippen molar-refractivity contribution in [3.05, 3.63) is 60.3 Å². The van der Waals surface area contributed by atoms with Crippen LogP contribution >= 0.6 is 12.9 Å². The van der Waals surface area contributed by atoms with E-state index in [0.29, 0.717) is 5.75 Å². The first kappa shape index (κ1) is 19.2. The molecule has 142 valence electrons. The molecule has 27 heavy (non-hydrogen) atoms. The Morgan fingerprint density at radius 1 is 1.15 bits per heavy atom. The highest BCUT2D eigenvalue weighted by Crippen LogP contribution is 2.24. The summed E-state index contributed by atoms with van der Waals surface area (Å²) in [7, 11) is 0. The van der Waals surface area contributed by atoms with Crippen LogP contribution < -0.4 is 8.92 Å². The molecule has 0 bridgehead atoms. The van der Waals surface area contributed by atoms with Crippen molar-refractivity contribution in [3.8, 4) is 11.5 Å². The third-order valence-corrected chi connectivity index (χ3v) is 4.71. The molecule has 0 atom stereocenters. The number of hydrogen-bond donors (Lipinski definition) is 2. The van der Waals surface area contributed by atoms with Gasteiger partial charge < -0.3 is 18.6 Å². The van der Waals surface area contributed by atoms with E-state index in [4.69, 9.17) is 8.92 Å². The van der Waals surface area contributed by atoms with E-state index < -0.39 is 11.6 Å². The van der Waals surface area contributed by atoms with Crippen LogP contribution in [0, 0.1) is 0 Å². The lowest BCUT2D eigenvalue weighted by Crippen LogP contribution is -2.37. The van der Waals surface area contributed by atoms with Gasteiger partial charge in [-0.25, -0.2) is 4.79 Å². The van der Waals surface area contributed by atoms with Gasteiger partial charge in [0.2, 0.25) is 0 Å². The molecule has 5 nitrogen and oxygen atoms in total. The summed E-state index contributed by atoms with van der Waals surface area (Å²) in [5.41, 5.74) is 1.03. The van der Waals surface area contributed by atoms with Crippen molar-refractivity contribution in [2.75, 3.05) is 0 Å². The number of carboxylic acids is 1. The lowest BCUT2D eigenvalue weighted by atomic mass is 10.1. The summed E-state index contributed by atoms with van der Waals surface area (Å²) in [5, 5.41) is 10.3. The van der Waals surface area contributed by atoms with E-state index in [9.17, 15) is 9.90 Å². The zero-order valence-electron chi connectivity index (χ0n) is 15.4. The Bertz CT molecular complexity index is 948. The van der Waals surface area contributed by atoms with Gasteiger partial charge in [0.15, 0.2) is 5.60 Å². The molecule has 1 aromatic heterocycles. The molecule has 0 aliphatic heterocycles. The van der Waals surface area contributed by atoms with Crippen molar-refractivity contribution < 1.29 is 18.8 Å². The van der Waals surface area contributed by atoms with Gasteiger partial charge in [-0.05, 0) is 68.7 Å². The third kappa shape index (κ3) is 4.57. The molecule has 0 amide bonds. The lowest BCUT2D eigenvalue weighted by molar-refractivity contribution is -0.152. The highest BCUT2D eigenvalue weighted by Gasteiger charge is 2.29. The van der Waals surface area contributed by atoms with E-state index in [1.54, 1.807) is 19.9 Å². The highest BCUT2D eigenvalue weighted by molar-refractivity contribution is 7.75. The molecule has 1 N–H and O–H groups in total. The van der Waals surface area contributed by atoms with Crippen molar-refractivity contribution in [2.24, 2.45) is 0 Å². The Morgan fingerprint density at radius 2 is 1.96 bits per heavy atom. The number of aromatic nitrogens is 1. The Kier molecular flexibility index (Phi) is 5.65. The smallest absolute Gasteiger partial charge is 0.347 e. The van der Waals surface area contributed by atoms with Gasteiger partial charge in [0.1, 0.15) is 11.5 Å². The number of ether oxygens (including phenoxy) is 1. The van der Waals surface area contributed by atoms with Gasteiger partial charge >= 0.3 is 5.97 Å². The summed E-state index contributed by atoms with van der Waals surface area (Å²) < 4.78 is 12.8. The van der Waals surface area contributed by atoms with Gasteiger partial charge in [-0.15, -0.1) is 0 Å². The van der Waals surface area contributed by atoms with Crippen molar-refractivity contribution in [1.29, 1.82) is 0 Å². The lowest BCUT2D eigenvalue weighted by Gasteiger charge is -2.21. The SMILES string of the molecule is CC(C)(Oc1cccc(CCCn2ccc3cc(OS)ccc32)c1)C(=O)O. The third-order valence-electron chi connectivity index (χ3n) is 4.50. The molecular formula is C21H23NO4S. The Hall–Kier alpha value is -2.60. The molecule has 2 aromatic carbocycles. The summed E-state index contributed by atoms with van der Waals surface area (Å²) in [5.74, 6) is 0.314. The molecule has 0 saturated carbocycles. The van der Waals surface area contributed by atoms with Crippen LogP contribution in [0.25, 0.3) is 10.9 Å². The van der Waals surface area contributed by atoms with E-state index in [0.717, 1.165) is 41.6 Å². The predicted octanol–water partition coefficient (Wildman–Crippen LogP) is 4.74. The molecule has 3 rings (SSSR count). The molecule has 0 fully saturated rings. The van der Waals surface area contributed by atoms with Gasteiger partial charge in [-0.1, -0.05) is 12.1 Å². The number of aliphatic carboxylic acids is 1. The minimum Gasteiger partial charge on any atom is -0.478 e. The number of thiol groups is 1. The van der Waals surface area contributed by atoms with Crippen LogP contribution in [0.2, 0.25) is 0 Å². The average Bonchev–Trinajstić information content (AvgIpc) is 3.04. The zero-order chi connectivity index (χ0) is 19.4. The number of carboxylic acid groups (broad SMARTS) is 1. The maximum Gasteiger partial charge on any atom is 0.347 e. The first-order valence-electron chi connectivity index (χ1n) is 8.81. The molecule has 0 aliphatic rings. The van der Waals surface area contributed by atoms with Crippen LogP contribution in [-0.2, 0) is 17.8 Å². The second-order valence-electron chi connectivity index (χ2n) is 6.99. The fraction of sp³-hybridized carbons (Fsp3) is 0.286. The normalized spacial score (nSPS) is 11.5. The molecule has 3 aromatic rings.